The van der Waals surface area contributed by atoms with Crippen LogP contribution < -0.4 is 0 Å². The normalized spacial score (nSPS) is 11.5. The maximum absolute atomic E-state index is 5.48. The number of hydrogen-bond donors (Lipinski definition) is 0. The first-order valence-electron chi connectivity index (χ1n) is 23.0. The Labute approximate surface area is 393 Å². The number of rotatable bonds is 8. The van der Waals surface area contributed by atoms with Gasteiger partial charge >= 0.3 is 0 Å². The van der Waals surface area contributed by atoms with Crippen molar-refractivity contribution in [2.45, 2.75) is 0 Å². The molecule has 10 aromatic carbocycles. The molecule has 68 heavy (non-hydrogen) atoms. The number of hydrogen-bond acceptors (Lipinski definition) is 3. The highest BCUT2D eigenvalue weighted by Gasteiger charge is 2.26. The van der Waals surface area contributed by atoms with Crippen LogP contribution in [0.15, 0.2) is 249 Å². The van der Waals surface area contributed by atoms with E-state index in [9.17, 15) is 0 Å². The van der Waals surface area contributed by atoms with E-state index in [4.69, 9.17) is 15.0 Å². The molecule has 0 aliphatic heterocycles. The Balaban J connectivity index is 1.10. The van der Waals surface area contributed by atoms with Crippen LogP contribution in [0.2, 0.25) is 0 Å². The molecule has 0 saturated heterocycles. The van der Waals surface area contributed by atoms with Gasteiger partial charge in [0.25, 0.3) is 0 Å². The second kappa shape index (κ2) is 16.4. The maximum Gasteiger partial charge on any atom is 0.238 e. The molecule has 3 aromatic heterocycles. The molecule has 0 atom stereocenters. The monoisotopic (exact) mass is 867 g/mol. The summed E-state index contributed by atoms with van der Waals surface area (Å²) in [6.07, 6.45) is 0. The number of para-hydroxylation sites is 3. The SMILES string of the molecule is c1ccc(-c2cccc(-c3ccc(-c4nc(-c5ccccc5)nc(-n5c6ccccc6c6c(-c7cccc(-c8ccccc8)c7)cc7c8ccccc8n(-c8ccccc8)c7c65)n4)cc3)c2)cc1. The predicted molar refractivity (Wildman–Crippen MR) is 281 cm³/mol. The lowest BCUT2D eigenvalue weighted by Crippen LogP contribution is -2.07. The lowest BCUT2D eigenvalue weighted by atomic mass is 9.94. The molecule has 3 heterocycles. The molecule has 5 heteroatoms. The summed E-state index contributed by atoms with van der Waals surface area (Å²) in [5.41, 5.74) is 16.4. The Hall–Kier alpha value is -9.19. The van der Waals surface area contributed by atoms with Gasteiger partial charge in [-0.2, -0.15) is 9.97 Å². The molecule has 0 aliphatic carbocycles. The second-order valence-electron chi connectivity index (χ2n) is 17.2. The molecule has 13 rings (SSSR count). The van der Waals surface area contributed by atoms with Gasteiger partial charge in [0.1, 0.15) is 0 Å². The minimum atomic E-state index is 0.543. The van der Waals surface area contributed by atoms with Gasteiger partial charge in [0.2, 0.25) is 5.95 Å². The first kappa shape index (κ1) is 39.2. The number of benzene rings is 10. The fourth-order valence-corrected chi connectivity index (χ4v) is 10.0. The van der Waals surface area contributed by atoms with Gasteiger partial charge in [0.15, 0.2) is 11.6 Å². The third-order valence-corrected chi connectivity index (χ3v) is 13.2. The highest BCUT2D eigenvalue weighted by Crippen LogP contribution is 2.46. The summed E-state index contributed by atoms with van der Waals surface area (Å²) < 4.78 is 4.70. The van der Waals surface area contributed by atoms with Crippen LogP contribution in [0.25, 0.3) is 123 Å². The average molecular weight is 868 g/mol. The topological polar surface area (TPSA) is 48.5 Å². The van der Waals surface area contributed by atoms with Crippen LogP contribution in [0, 0.1) is 0 Å². The molecule has 318 valence electrons. The van der Waals surface area contributed by atoms with E-state index in [1.807, 2.05) is 18.2 Å². The number of fused-ring (bicyclic) bond motifs is 7. The summed E-state index contributed by atoms with van der Waals surface area (Å²) >= 11 is 0. The Morgan fingerprint density at radius 2 is 0.691 bits per heavy atom. The van der Waals surface area contributed by atoms with Crippen molar-refractivity contribution >= 4 is 43.6 Å². The fourth-order valence-electron chi connectivity index (χ4n) is 10.0. The van der Waals surface area contributed by atoms with Crippen LogP contribution in [0.5, 0.6) is 0 Å². The summed E-state index contributed by atoms with van der Waals surface area (Å²) in [5, 5.41) is 4.55. The van der Waals surface area contributed by atoms with Gasteiger partial charge in [0.05, 0.1) is 22.1 Å². The third kappa shape index (κ3) is 6.68. The largest absolute Gasteiger partial charge is 0.307 e. The van der Waals surface area contributed by atoms with Crippen molar-refractivity contribution in [1.82, 2.24) is 24.1 Å². The number of nitrogens with zero attached hydrogens (tertiary/aromatic N) is 5. The van der Waals surface area contributed by atoms with E-state index >= 15 is 0 Å². The van der Waals surface area contributed by atoms with E-state index in [1.54, 1.807) is 0 Å². The van der Waals surface area contributed by atoms with Gasteiger partial charge in [0, 0.05) is 38.4 Å². The van der Waals surface area contributed by atoms with Crippen LogP contribution in [-0.4, -0.2) is 24.1 Å². The van der Waals surface area contributed by atoms with Crippen LogP contribution in [0.3, 0.4) is 0 Å². The van der Waals surface area contributed by atoms with Gasteiger partial charge in [-0.05, 0) is 87.0 Å². The van der Waals surface area contributed by atoms with Crippen molar-refractivity contribution in [3.05, 3.63) is 249 Å². The molecule has 0 unspecified atom stereocenters. The summed E-state index contributed by atoms with van der Waals surface area (Å²) in [5.74, 6) is 1.74. The summed E-state index contributed by atoms with van der Waals surface area (Å²) in [7, 11) is 0. The van der Waals surface area contributed by atoms with Crippen molar-refractivity contribution in [1.29, 1.82) is 0 Å². The van der Waals surface area contributed by atoms with Crippen LogP contribution in [-0.2, 0) is 0 Å². The van der Waals surface area contributed by atoms with E-state index in [2.05, 4.69) is 240 Å². The van der Waals surface area contributed by atoms with Crippen molar-refractivity contribution in [2.24, 2.45) is 0 Å². The van der Waals surface area contributed by atoms with Gasteiger partial charge < -0.3 is 4.57 Å². The van der Waals surface area contributed by atoms with Crippen LogP contribution in [0.1, 0.15) is 0 Å². The van der Waals surface area contributed by atoms with Gasteiger partial charge in [-0.25, -0.2) is 4.98 Å². The zero-order valence-corrected chi connectivity index (χ0v) is 36.9. The average Bonchev–Trinajstić information content (AvgIpc) is 3.95. The predicted octanol–water partition coefficient (Wildman–Crippen LogP) is 16.1. The van der Waals surface area contributed by atoms with E-state index < -0.39 is 0 Å². The molecule has 5 nitrogen and oxygen atoms in total. The van der Waals surface area contributed by atoms with E-state index in [1.165, 1.54) is 22.1 Å². The van der Waals surface area contributed by atoms with Gasteiger partial charge in [-0.15, -0.1) is 0 Å². The molecule has 0 fully saturated rings. The minimum absolute atomic E-state index is 0.543. The number of aromatic nitrogens is 5. The van der Waals surface area contributed by atoms with E-state index in [0.29, 0.717) is 17.6 Å². The van der Waals surface area contributed by atoms with Gasteiger partial charge in [-0.1, -0.05) is 206 Å². The Kier molecular flexibility index (Phi) is 9.43. The van der Waals surface area contributed by atoms with E-state index in [0.717, 1.165) is 82.9 Å². The first-order chi connectivity index (χ1) is 33.7. The van der Waals surface area contributed by atoms with Crippen molar-refractivity contribution in [3.63, 3.8) is 0 Å². The lowest BCUT2D eigenvalue weighted by molar-refractivity contribution is 0.953. The molecular weight excluding hydrogens is 827 g/mol. The Morgan fingerprint density at radius 3 is 1.29 bits per heavy atom. The standard InChI is InChI=1S/C63H41N5/c1-5-19-42(20-6-1)47-25-17-26-48(39-47)44-35-37-46(38-36-44)62-64-61(45-23-9-3-10-24-45)65-63(66-62)68-57-34-16-14-32-53(57)58-54(50-28-18-27-49(40-50)43-21-7-2-8-22-43)41-55-52-31-13-15-33-56(52)67(59(55)60(58)68)51-29-11-4-12-30-51/h1-41H. The van der Waals surface area contributed by atoms with Gasteiger partial charge in [-0.3, -0.25) is 4.57 Å². The smallest absolute Gasteiger partial charge is 0.238 e. The Bertz CT molecular complexity index is 3990. The summed E-state index contributed by atoms with van der Waals surface area (Å²) in [4.78, 5) is 16.1. The highest BCUT2D eigenvalue weighted by molar-refractivity contribution is 6.28. The van der Waals surface area contributed by atoms with E-state index in [-0.39, 0.29) is 0 Å². The summed E-state index contributed by atoms with van der Waals surface area (Å²) in [6, 6.07) is 88.2. The molecule has 13 aromatic rings. The molecule has 0 radical (unpaired) electrons. The quantitative estimate of drug-likeness (QED) is 0.153. The molecule has 0 amide bonds. The minimum Gasteiger partial charge on any atom is -0.307 e. The zero-order chi connectivity index (χ0) is 45.0. The third-order valence-electron chi connectivity index (χ3n) is 13.2. The second-order valence-corrected chi connectivity index (χ2v) is 17.2. The molecule has 0 aliphatic rings. The molecule has 0 saturated carbocycles. The molecule has 0 N–H and O–H groups in total. The molecule has 0 bridgehead atoms. The van der Waals surface area contributed by atoms with Crippen molar-refractivity contribution in [2.75, 3.05) is 0 Å². The fraction of sp³-hybridized carbons (Fsp3) is 0. The molecule has 0 spiro atoms. The maximum atomic E-state index is 5.48. The Morgan fingerprint density at radius 1 is 0.265 bits per heavy atom. The van der Waals surface area contributed by atoms with Crippen LogP contribution in [0.4, 0.5) is 0 Å². The van der Waals surface area contributed by atoms with Crippen molar-refractivity contribution < 1.29 is 0 Å². The summed E-state index contributed by atoms with van der Waals surface area (Å²) in [6.45, 7) is 0. The van der Waals surface area contributed by atoms with Crippen molar-refractivity contribution in [3.8, 4) is 78.9 Å². The van der Waals surface area contributed by atoms with Crippen LogP contribution >= 0.6 is 0 Å². The molecular formula is C63H41N5. The highest BCUT2D eigenvalue weighted by atomic mass is 15.2. The first-order valence-corrected chi connectivity index (χ1v) is 23.0. The lowest BCUT2D eigenvalue weighted by Gasteiger charge is -2.15. The zero-order valence-electron chi connectivity index (χ0n) is 36.9.